The van der Waals surface area contributed by atoms with Gasteiger partial charge in [-0.1, -0.05) is 58.0 Å². The maximum absolute atomic E-state index is 13.7. The third kappa shape index (κ3) is 4.43. The number of carbonyl (C=O) groups is 1. The summed E-state index contributed by atoms with van der Waals surface area (Å²) in [6.07, 6.45) is 0. The molecule has 0 aliphatic carbocycles. The molecule has 8 heteroatoms. The molecule has 0 atom stereocenters. The third-order valence-electron chi connectivity index (χ3n) is 5.33. The van der Waals surface area contributed by atoms with Crippen LogP contribution in [0.5, 0.6) is 5.75 Å². The average Bonchev–Trinajstić information content (AvgIpc) is 3.32. The summed E-state index contributed by atoms with van der Waals surface area (Å²) in [6, 6.07) is 23.7. The van der Waals surface area contributed by atoms with Crippen molar-refractivity contribution in [3.8, 4) is 5.75 Å². The van der Waals surface area contributed by atoms with Gasteiger partial charge in [0.25, 0.3) is 5.91 Å². The Balaban J connectivity index is 1.54. The Labute approximate surface area is 209 Å². The number of amidine groups is 1. The molecule has 3 aromatic rings. The Kier molecular flexibility index (Phi) is 6.23. The highest BCUT2D eigenvalue weighted by atomic mass is 79.9. The molecule has 0 unspecified atom stereocenters. The first-order valence-corrected chi connectivity index (χ1v) is 12.7. The van der Waals surface area contributed by atoms with Crippen LogP contribution in [0.2, 0.25) is 0 Å². The fourth-order valence-electron chi connectivity index (χ4n) is 3.60. The van der Waals surface area contributed by atoms with Gasteiger partial charge < -0.3 is 9.64 Å². The number of hydrogen-bond acceptors (Lipinski definition) is 6. The molecule has 5 nitrogen and oxygen atoms in total. The minimum Gasteiger partial charge on any atom is -0.497 e. The molecular weight excluding hydrogens is 518 g/mol. The third-order valence-corrected chi connectivity index (χ3v) is 8.29. The maximum Gasteiger partial charge on any atom is 0.269 e. The molecule has 2 aliphatic rings. The van der Waals surface area contributed by atoms with Crippen molar-refractivity contribution in [2.24, 2.45) is 4.99 Å². The largest absolute Gasteiger partial charge is 0.497 e. The van der Waals surface area contributed by atoms with Gasteiger partial charge in [-0.2, -0.15) is 0 Å². The van der Waals surface area contributed by atoms with Crippen molar-refractivity contribution in [2.45, 2.75) is 11.4 Å². The van der Waals surface area contributed by atoms with Gasteiger partial charge in [-0.15, -0.1) is 0 Å². The highest BCUT2D eigenvalue weighted by Gasteiger charge is 2.39. The molecule has 3 aromatic carbocycles. The number of ether oxygens (including phenoxy) is 1. The van der Waals surface area contributed by atoms with E-state index in [9.17, 15) is 4.79 Å². The van der Waals surface area contributed by atoms with Crippen LogP contribution in [0.15, 0.2) is 97.1 Å². The SMILES string of the molecule is COc1ccc2c(c1)N(C)/C(=C1/SC(=Nc3ccc(Br)cc3)N(Cc3ccccc3)C1=O)S2. The summed E-state index contributed by atoms with van der Waals surface area (Å²) in [4.78, 5) is 24.1. The highest BCUT2D eigenvalue weighted by Crippen LogP contribution is 2.51. The van der Waals surface area contributed by atoms with Crippen LogP contribution in [0.25, 0.3) is 0 Å². The van der Waals surface area contributed by atoms with Gasteiger partial charge in [-0.05, 0) is 53.7 Å². The second kappa shape index (κ2) is 9.29. The van der Waals surface area contributed by atoms with Crippen LogP contribution in [0.1, 0.15) is 5.56 Å². The summed E-state index contributed by atoms with van der Waals surface area (Å²) in [5, 5.41) is 1.59. The standard InChI is InChI=1S/C25H20BrN3O2S2/c1-28-20-14-19(31-2)12-13-21(20)32-24(28)22-23(30)29(15-16-6-4-3-5-7-16)25(33-22)27-18-10-8-17(26)9-11-18/h3-14H,15H2,1-2H3/b24-22-,27-25?. The molecule has 0 radical (unpaired) electrons. The van der Waals surface area contributed by atoms with Crippen LogP contribution < -0.4 is 9.64 Å². The number of anilines is 1. The number of rotatable bonds is 4. The number of fused-ring (bicyclic) bond motifs is 1. The summed E-state index contributed by atoms with van der Waals surface area (Å²) in [5.41, 5.74) is 2.89. The van der Waals surface area contributed by atoms with E-state index in [0.29, 0.717) is 16.6 Å². The predicted molar refractivity (Wildman–Crippen MR) is 140 cm³/mol. The number of methoxy groups -OCH3 is 1. The minimum absolute atomic E-state index is 0.0335. The maximum atomic E-state index is 13.7. The molecule has 0 spiro atoms. The van der Waals surface area contributed by atoms with E-state index in [4.69, 9.17) is 9.73 Å². The summed E-state index contributed by atoms with van der Waals surface area (Å²) in [5.74, 6) is 0.759. The zero-order valence-corrected chi connectivity index (χ0v) is 21.2. The molecule has 33 heavy (non-hydrogen) atoms. The number of hydrogen-bond donors (Lipinski definition) is 0. The number of aliphatic imine (C=N–C) groups is 1. The molecule has 1 amide bonds. The lowest BCUT2D eigenvalue weighted by molar-refractivity contribution is -0.122. The van der Waals surface area contributed by atoms with Crippen molar-refractivity contribution < 1.29 is 9.53 Å². The van der Waals surface area contributed by atoms with Gasteiger partial charge in [0.1, 0.15) is 10.7 Å². The van der Waals surface area contributed by atoms with E-state index in [1.54, 1.807) is 23.8 Å². The lowest BCUT2D eigenvalue weighted by atomic mass is 10.2. The van der Waals surface area contributed by atoms with Crippen molar-refractivity contribution in [3.63, 3.8) is 0 Å². The smallest absolute Gasteiger partial charge is 0.269 e. The fraction of sp³-hybridized carbons (Fsp3) is 0.120. The molecule has 0 aromatic heterocycles. The molecule has 0 saturated carbocycles. The van der Waals surface area contributed by atoms with Crippen molar-refractivity contribution in [1.82, 2.24) is 4.90 Å². The van der Waals surface area contributed by atoms with Crippen LogP contribution >= 0.6 is 39.5 Å². The normalized spacial score (nSPS) is 18.9. The number of amides is 1. The second-order valence-electron chi connectivity index (χ2n) is 7.48. The molecule has 0 bridgehead atoms. The fourth-order valence-corrected chi connectivity index (χ4v) is 6.19. The van der Waals surface area contributed by atoms with E-state index in [1.807, 2.05) is 79.8 Å². The van der Waals surface area contributed by atoms with E-state index in [-0.39, 0.29) is 5.91 Å². The molecule has 166 valence electrons. The van der Waals surface area contributed by atoms with E-state index in [0.717, 1.165) is 37.1 Å². The van der Waals surface area contributed by atoms with Crippen molar-refractivity contribution >= 4 is 61.9 Å². The zero-order chi connectivity index (χ0) is 22.9. The summed E-state index contributed by atoms with van der Waals surface area (Å²) in [6.45, 7) is 0.466. The molecule has 5 rings (SSSR count). The second-order valence-corrected chi connectivity index (χ2v) is 10.4. The summed E-state index contributed by atoms with van der Waals surface area (Å²) < 4.78 is 6.38. The molecular formula is C25H20BrN3O2S2. The minimum atomic E-state index is -0.0335. The van der Waals surface area contributed by atoms with Crippen LogP contribution in [0.3, 0.4) is 0 Å². The van der Waals surface area contributed by atoms with Gasteiger partial charge in [0.2, 0.25) is 0 Å². The summed E-state index contributed by atoms with van der Waals surface area (Å²) >= 11 is 6.50. The number of nitrogens with zero attached hydrogens (tertiary/aromatic N) is 3. The van der Waals surface area contributed by atoms with E-state index in [2.05, 4.69) is 20.8 Å². The van der Waals surface area contributed by atoms with Crippen LogP contribution in [0, 0.1) is 0 Å². The number of carbonyl (C=O) groups excluding carboxylic acids is 1. The average molecular weight is 538 g/mol. The Hall–Kier alpha value is -2.68. The summed E-state index contributed by atoms with van der Waals surface area (Å²) in [7, 11) is 3.64. The van der Waals surface area contributed by atoms with Gasteiger partial charge in [0.05, 0.1) is 30.1 Å². The van der Waals surface area contributed by atoms with Gasteiger partial charge in [-0.25, -0.2) is 4.99 Å². The predicted octanol–water partition coefficient (Wildman–Crippen LogP) is 6.63. The van der Waals surface area contributed by atoms with Crippen molar-refractivity contribution in [2.75, 3.05) is 19.1 Å². The number of halogens is 1. The van der Waals surface area contributed by atoms with Crippen LogP contribution in [-0.4, -0.2) is 30.1 Å². The molecule has 1 fully saturated rings. The molecule has 2 aliphatic heterocycles. The number of thioether (sulfide) groups is 2. The van der Waals surface area contributed by atoms with Gasteiger partial charge in [-0.3, -0.25) is 9.69 Å². The van der Waals surface area contributed by atoms with E-state index < -0.39 is 0 Å². The molecule has 1 saturated heterocycles. The van der Waals surface area contributed by atoms with Crippen LogP contribution in [0.4, 0.5) is 11.4 Å². The van der Waals surface area contributed by atoms with E-state index in [1.165, 1.54) is 11.8 Å². The Bertz CT molecular complexity index is 1280. The Morgan fingerprint density at radius 3 is 2.48 bits per heavy atom. The number of benzene rings is 3. The highest BCUT2D eigenvalue weighted by molar-refractivity contribution is 9.10. The van der Waals surface area contributed by atoms with Crippen LogP contribution in [-0.2, 0) is 11.3 Å². The monoisotopic (exact) mass is 537 g/mol. The van der Waals surface area contributed by atoms with Gasteiger partial charge in [0, 0.05) is 22.5 Å². The van der Waals surface area contributed by atoms with Crippen molar-refractivity contribution in [3.05, 3.63) is 92.8 Å². The first kappa shape index (κ1) is 22.1. The zero-order valence-electron chi connectivity index (χ0n) is 18.0. The van der Waals surface area contributed by atoms with Gasteiger partial charge in [0.15, 0.2) is 5.17 Å². The quantitative estimate of drug-likeness (QED) is 0.349. The van der Waals surface area contributed by atoms with E-state index >= 15 is 0 Å². The lowest BCUT2D eigenvalue weighted by Crippen LogP contribution is -2.29. The first-order chi connectivity index (χ1) is 16.0. The Morgan fingerprint density at radius 1 is 1.00 bits per heavy atom. The first-order valence-electron chi connectivity index (χ1n) is 10.3. The van der Waals surface area contributed by atoms with Gasteiger partial charge >= 0.3 is 0 Å². The topological polar surface area (TPSA) is 45.1 Å². The molecule has 2 heterocycles. The Morgan fingerprint density at radius 2 is 1.76 bits per heavy atom. The molecule has 0 N–H and O–H groups in total. The lowest BCUT2D eigenvalue weighted by Gasteiger charge is -2.17. The van der Waals surface area contributed by atoms with Crippen molar-refractivity contribution in [1.29, 1.82) is 0 Å².